The first-order valence-corrected chi connectivity index (χ1v) is 31.8. The van der Waals surface area contributed by atoms with E-state index in [1.807, 2.05) is 0 Å². The van der Waals surface area contributed by atoms with Gasteiger partial charge < -0.3 is 14.2 Å². The average Bonchev–Trinajstić information content (AvgIpc) is 3.44. The third kappa shape index (κ3) is 62.1. The van der Waals surface area contributed by atoms with E-state index < -0.39 is 6.10 Å². The van der Waals surface area contributed by atoms with E-state index in [1.54, 1.807) is 0 Å². The number of allylic oxidation sites excluding steroid dienone is 24. The van der Waals surface area contributed by atoms with Crippen LogP contribution >= 0.6 is 0 Å². The molecule has 0 radical (unpaired) electrons. The molecule has 0 heterocycles. The number of ether oxygens (including phenoxy) is 3. The summed E-state index contributed by atoms with van der Waals surface area (Å²) in [5.41, 5.74) is 0. The highest BCUT2D eigenvalue weighted by Gasteiger charge is 2.19. The van der Waals surface area contributed by atoms with Gasteiger partial charge in [-0.3, -0.25) is 14.4 Å². The Morgan fingerprint density at radius 2 is 0.500 bits per heavy atom. The van der Waals surface area contributed by atoms with Crippen LogP contribution < -0.4 is 0 Å². The molecule has 0 saturated heterocycles. The van der Waals surface area contributed by atoms with Crippen molar-refractivity contribution < 1.29 is 28.6 Å². The molecule has 0 fully saturated rings. The molecule has 0 spiro atoms. The molecule has 0 rings (SSSR count). The standard InChI is InChI=1S/C72H116O6/c1-4-7-10-13-16-19-22-25-28-31-33-35-36-38-39-41-44-47-50-53-56-59-62-65-71(74)77-68-69(67-76-70(73)64-61-58-55-52-49-46-43-30-27-24-21-18-15-12-9-6-3)78-72(75)66-63-60-57-54-51-48-45-42-40-37-34-32-29-26-23-20-17-14-11-8-5-2/h7-8,10-11,16-17,19-20,25-26,28-29,33-35,37-39,42,44-45,47,51,54,69H,4-6,9,12-15,18,21-24,27,30-32,36,40-41,43,46,48-50,52-53,55-68H2,1-3H3/b10-7-,11-8-,19-16-,20-17-,28-25-,29-26-,35-33-,37-34-,39-38-,45-42-,47-44-,54-51-. The normalized spacial score (nSPS) is 13.1. The van der Waals surface area contributed by atoms with Crippen LogP contribution in [0.3, 0.4) is 0 Å². The second-order valence-electron chi connectivity index (χ2n) is 20.6. The van der Waals surface area contributed by atoms with Gasteiger partial charge in [-0.15, -0.1) is 0 Å². The molecule has 1 atom stereocenters. The Hall–Kier alpha value is -4.71. The monoisotopic (exact) mass is 1080 g/mol. The minimum Gasteiger partial charge on any atom is -0.462 e. The van der Waals surface area contributed by atoms with Crippen LogP contribution in [0.1, 0.15) is 271 Å². The molecule has 6 heteroatoms. The fourth-order valence-electron chi connectivity index (χ4n) is 8.39. The number of hydrogen-bond acceptors (Lipinski definition) is 6. The molecule has 6 nitrogen and oxygen atoms in total. The van der Waals surface area contributed by atoms with E-state index in [4.69, 9.17) is 14.2 Å². The van der Waals surface area contributed by atoms with Gasteiger partial charge in [0.05, 0.1) is 0 Å². The largest absolute Gasteiger partial charge is 0.462 e. The fraction of sp³-hybridized carbons (Fsp3) is 0.625. The highest BCUT2D eigenvalue weighted by atomic mass is 16.6. The van der Waals surface area contributed by atoms with Crippen LogP contribution in [0.25, 0.3) is 0 Å². The zero-order chi connectivity index (χ0) is 56.4. The maximum absolute atomic E-state index is 12.9. The Balaban J connectivity index is 4.53. The van der Waals surface area contributed by atoms with Crippen molar-refractivity contribution in [3.8, 4) is 0 Å². The Morgan fingerprint density at radius 1 is 0.269 bits per heavy atom. The highest BCUT2D eigenvalue weighted by Crippen LogP contribution is 2.15. The number of hydrogen-bond donors (Lipinski definition) is 0. The van der Waals surface area contributed by atoms with E-state index in [-0.39, 0.29) is 37.5 Å². The van der Waals surface area contributed by atoms with Crippen LogP contribution in [0.15, 0.2) is 146 Å². The van der Waals surface area contributed by atoms with Gasteiger partial charge in [0, 0.05) is 19.3 Å². The van der Waals surface area contributed by atoms with Crippen molar-refractivity contribution in [1.29, 1.82) is 0 Å². The molecular formula is C72H116O6. The molecule has 440 valence electrons. The van der Waals surface area contributed by atoms with Gasteiger partial charge in [-0.25, -0.2) is 0 Å². The third-order valence-electron chi connectivity index (χ3n) is 13.1. The lowest BCUT2D eigenvalue weighted by molar-refractivity contribution is -0.167. The molecule has 0 aromatic carbocycles. The SMILES string of the molecule is CC/C=C\C/C=C\C/C=C\C/C=C\C/C=C\C/C=C\CCCCCCC(=O)OCC(COC(=O)CCCCCCCCCCCCCCCCCC)OC(=O)CCCC/C=C\C/C=C\C/C=C\C/C=C\C/C=C\C/C=C\CC. The van der Waals surface area contributed by atoms with Crippen molar-refractivity contribution in [3.63, 3.8) is 0 Å². The number of carbonyl (C=O) groups is 3. The van der Waals surface area contributed by atoms with Crippen LogP contribution in [0.5, 0.6) is 0 Å². The Labute approximate surface area is 480 Å². The molecule has 78 heavy (non-hydrogen) atoms. The molecule has 0 aliphatic rings. The van der Waals surface area contributed by atoms with Crippen LogP contribution in [-0.4, -0.2) is 37.2 Å². The maximum atomic E-state index is 12.9. The summed E-state index contributed by atoms with van der Waals surface area (Å²) in [5.74, 6) is -0.975. The minimum atomic E-state index is -0.819. The van der Waals surface area contributed by atoms with Crippen molar-refractivity contribution in [3.05, 3.63) is 146 Å². The van der Waals surface area contributed by atoms with E-state index in [0.717, 1.165) is 141 Å². The van der Waals surface area contributed by atoms with Gasteiger partial charge >= 0.3 is 17.9 Å². The molecular weight excluding hydrogens is 961 g/mol. The van der Waals surface area contributed by atoms with E-state index in [2.05, 4.69) is 167 Å². The van der Waals surface area contributed by atoms with Gasteiger partial charge in [-0.2, -0.15) is 0 Å². The summed E-state index contributed by atoms with van der Waals surface area (Å²) < 4.78 is 16.9. The van der Waals surface area contributed by atoms with Crippen molar-refractivity contribution in [1.82, 2.24) is 0 Å². The zero-order valence-electron chi connectivity index (χ0n) is 50.4. The van der Waals surface area contributed by atoms with Crippen molar-refractivity contribution >= 4 is 17.9 Å². The number of rotatable bonds is 56. The second kappa shape index (κ2) is 64.8. The topological polar surface area (TPSA) is 78.9 Å². The lowest BCUT2D eigenvalue weighted by atomic mass is 10.0. The zero-order valence-corrected chi connectivity index (χ0v) is 50.4. The molecule has 0 bridgehead atoms. The Morgan fingerprint density at radius 3 is 0.808 bits per heavy atom. The van der Waals surface area contributed by atoms with Gasteiger partial charge in [0.1, 0.15) is 13.2 Å². The number of unbranched alkanes of at least 4 members (excludes halogenated alkanes) is 21. The highest BCUT2D eigenvalue weighted by molar-refractivity contribution is 5.71. The van der Waals surface area contributed by atoms with Gasteiger partial charge in [-0.05, 0) is 122 Å². The first-order valence-electron chi connectivity index (χ1n) is 31.8. The molecule has 1 unspecified atom stereocenters. The maximum Gasteiger partial charge on any atom is 0.306 e. The van der Waals surface area contributed by atoms with Gasteiger partial charge in [0.25, 0.3) is 0 Å². The van der Waals surface area contributed by atoms with Crippen LogP contribution in [0.4, 0.5) is 0 Å². The van der Waals surface area contributed by atoms with E-state index in [1.165, 1.54) is 83.5 Å². The van der Waals surface area contributed by atoms with E-state index in [0.29, 0.717) is 19.3 Å². The first kappa shape index (κ1) is 73.3. The summed E-state index contributed by atoms with van der Waals surface area (Å²) in [7, 11) is 0. The number of esters is 3. The van der Waals surface area contributed by atoms with Crippen LogP contribution in [0, 0.1) is 0 Å². The lowest BCUT2D eigenvalue weighted by Gasteiger charge is -2.18. The minimum absolute atomic E-state index is 0.107. The second-order valence-corrected chi connectivity index (χ2v) is 20.6. The quantitative estimate of drug-likeness (QED) is 0.0261. The Kier molecular flexibility index (Phi) is 60.9. The summed E-state index contributed by atoms with van der Waals surface area (Å²) in [5, 5.41) is 0. The summed E-state index contributed by atoms with van der Waals surface area (Å²) in [6.07, 6.45) is 92.7. The lowest BCUT2D eigenvalue weighted by Crippen LogP contribution is -2.30. The summed E-state index contributed by atoms with van der Waals surface area (Å²) in [4.78, 5) is 38.3. The van der Waals surface area contributed by atoms with Gasteiger partial charge in [0.15, 0.2) is 6.10 Å². The third-order valence-corrected chi connectivity index (χ3v) is 13.1. The van der Waals surface area contributed by atoms with Crippen molar-refractivity contribution in [2.45, 2.75) is 277 Å². The van der Waals surface area contributed by atoms with E-state index >= 15 is 0 Å². The molecule has 0 aromatic heterocycles. The summed E-state index contributed by atoms with van der Waals surface area (Å²) in [6, 6.07) is 0. The molecule has 0 aliphatic heterocycles. The molecule has 0 amide bonds. The van der Waals surface area contributed by atoms with Crippen molar-refractivity contribution in [2.75, 3.05) is 13.2 Å². The van der Waals surface area contributed by atoms with Gasteiger partial charge in [0.2, 0.25) is 0 Å². The predicted octanol–water partition coefficient (Wildman–Crippen LogP) is 21.9. The summed E-state index contributed by atoms with van der Waals surface area (Å²) in [6.45, 7) is 6.37. The number of carbonyl (C=O) groups excluding carboxylic acids is 3. The smallest absolute Gasteiger partial charge is 0.306 e. The predicted molar refractivity (Wildman–Crippen MR) is 339 cm³/mol. The summed E-state index contributed by atoms with van der Waals surface area (Å²) >= 11 is 0. The van der Waals surface area contributed by atoms with Crippen molar-refractivity contribution in [2.24, 2.45) is 0 Å². The molecule has 0 saturated carbocycles. The molecule has 0 N–H and O–H groups in total. The van der Waals surface area contributed by atoms with Crippen LogP contribution in [0.2, 0.25) is 0 Å². The Bertz CT molecular complexity index is 1710. The van der Waals surface area contributed by atoms with E-state index in [9.17, 15) is 14.4 Å². The average molecular weight is 1080 g/mol. The molecule has 0 aliphatic carbocycles. The fourth-order valence-corrected chi connectivity index (χ4v) is 8.39. The van der Waals surface area contributed by atoms with Gasteiger partial charge in [-0.1, -0.05) is 276 Å². The first-order chi connectivity index (χ1) is 38.5. The molecule has 0 aromatic rings. The van der Waals surface area contributed by atoms with Crippen LogP contribution in [-0.2, 0) is 28.6 Å².